The summed E-state index contributed by atoms with van der Waals surface area (Å²) in [6.07, 6.45) is -0.0602. The van der Waals surface area contributed by atoms with Crippen LogP contribution in [0.3, 0.4) is 0 Å². The van der Waals surface area contributed by atoms with Crippen molar-refractivity contribution in [2.75, 3.05) is 10.8 Å². The Morgan fingerprint density at radius 3 is 2.28 bits per heavy atom. The summed E-state index contributed by atoms with van der Waals surface area (Å²) in [5, 5.41) is 3.40. The number of benzene rings is 3. The molecule has 0 spiro atoms. The van der Waals surface area contributed by atoms with Crippen LogP contribution in [0.5, 0.6) is 0 Å². The van der Waals surface area contributed by atoms with E-state index in [1.54, 1.807) is 37.3 Å². The van der Waals surface area contributed by atoms with Gasteiger partial charge in [-0.3, -0.25) is 13.9 Å². The predicted molar refractivity (Wildman–Crippen MR) is 159 cm³/mol. The van der Waals surface area contributed by atoms with Gasteiger partial charge in [-0.25, -0.2) is 8.42 Å². The van der Waals surface area contributed by atoms with Crippen LogP contribution >= 0.6 is 11.6 Å². The number of rotatable bonds is 10. The largest absolute Gasteiger partial charge is 0.416 e. The number of alkyl halides is 3. The summed E-state index contributed by atoms with van der Waals surface area (Å²) in [5.41, 5.74) is -0.814. The fraction of sp³-hybridized carbons (Fsp3) is 0.355. The summed E-state index contributed by atoms with van der Waals surface area (Å²) in [6.45, 7) is 0.613. The van der Waals surface area contributed by atoms with Gasteiger partial charge in [0.05, 0.1) is 16.1 Å². The molecule has 3 aromatic rings. The maximum absolute atomic E-state index is 14.0. The quantitative estimate of drug-likeness (QED) is 0.279. The average Bonchev–Trinajstić information content (AvgIpc) is 2.98. The third-order valence-corrected chi connectivity index (χ3v) is 9.46. The van der Waals surface area contributed by atoms with E-state index in [2.05, 4.69) is 5.32 Å². The molecule has 0 aliphatic heterocycles. The van der Waals surface area contributed by atoms with Crippen LogP contribution in [0.4, 0.5) is 18.9 Å². The Morgan fingerprint density at radius 2 is 1.63 bits per heavy atom. The lowest BCUT2D eigenvalue weighted by molar-refractivity contribution is -0.139. The summed E-state index contributed by atoms with van der Waals surface area (Å²) >= 11 is 6.16. The summed E-state index contributed by atoms with van der Waals surface area (Å²) in [6, 6.07) is 16.5. The molecule has 7 nitrogen and oxygen atoms in total. The van der Waals surface area contributed by atoms with Gasteiger partial charge in [0.2, 0.25) is 11.8 Å². The second-order valence-corrected chi connectivity index (χ2v) is 12.8. The molecule has 43 heavy (non-hydrogen) atoms. The molecule has 12 heteroatoms. The van der Waals surface area contributed by atoms with Crippen LogP contribution in [-0.2, 0) is 32.3 Å². The third kappa shape index (κ3) is 8.29. The zero-order chi connectivity index (χ0) is 31.2. The topological polar surface area (TPSA) is 86.8 Å². The smallest absolute Gasteiger partial charge is 0.352 e. The normalized spacial score (nSPS) is 15.0. The monoisotopic (exact) mass is 635 g/mol. The Kier molecular flexibility index (Phi) is 10.4. The molecule has 0 aromatic heterocycles. The Bertz CT molecular complexity index is 1530. The van der Waals surface area contributed by atoms with Gasteiger partial charge in [-0.15, -0.1) is 0 Å². The van der Waals surface area contributed by atoms with Crippen molar-refractivity contribution in [3.8, 4) is 0 Å². The second kappa shape index (κ2) is 13.8. The third-order valence-electron chi connectivity index (χ3n) is 7.43. The van der Waals surface area contributed by atoms with Crippen LogP contribution in [0, 0.1) is 0 Å². The van der Waals surface area contributed by atoms with E-state index < -0.39 is 46.2 Å². The van der Waals surface area contributed by atoms with Gasteiger partial charge in [-0.05, 0) is 67.8 Å². The first kappa shape index (κ1) is 32.3. The lowest BCUT2D eigenvalue weighted by atomic mass is 9.95. The number of carbonyl (C=O) groups excluding carboxylic acids is 2. The summed E-state index contributed by atoms with van der Waals surface area (Å²) in [7, 11) is -4.50. The molecule has 1 fully saturated rings. The molecule has 1 aliphatic carbocycles. The number of amides is 2. The molecule has 230 valence electrons. The van der Waals surface area contributed by atoms with Crippen molar-refractivity contribution < 1.29 is 31.2 Å². The lowest BCUT2D eigenvalue weighted by Crippen LogP contribution is -2.53. The fourth-order valence-electron chi connectivity index (χ4n) is 5.07. The van der Waals surface area contributed by atoms with E-state index in [9.17, 15) is 31.2 Å². The molecule has 1 N–H and O–H groups in total. The highest BCUT2D eigenvalue weighted by molar-refractivity contribution is 7.92. The van der Waals surface area contributed by atoms with E-state index in [4.69, 9.17) is 11.6 Å². The van der Waals surface area contributed by atoms with E-state index in [0.717, 1.165) is 44.2 Å². The minimum absolute atomic E-state index is 0.0353. The molecular formula is C31H33ClF3N3O4S. The number of carbonyl (C=O) groups is 2. The van der Waals surface area contributed by atoms with E-state index in [1.807, 2.05) is 0 Å². The van der Waals surface area contributed by atoms with Crippen LogP contribution in [0.25, 0.3) is 0 Å². The maximum atomic E-state index is 14.0. The van der Waals surface area contributed by atoms with Gasteiger partial charge in [0, 0.05) is 17.6 Å². The molecule has 1 aliphatic rings. The molecule has 2 amide bonds. The second-order valence-electron chi connectivity index (χ2n) is 10.5. The molecule has 1 atom stereocenters. The molecule has 0 bridgehead atoms. The summed E-state index contributed by atoms with van der Waals surface area (Å²) in [4.78, 5) is 28.4. The summed E-state index contributed by atoms with van der Waals surface area (Å²) in [5.74, 6) is -1.18. The highest BCUT2D eigenvalue weighted by atomic mass is 35.5. The van der Waals surface area contributed by atoms with Gasteiger partial charge in [0.15, 0.2) is 0 Å². The van der Waals surface area contributed by atoms with Gasteiger partial charge >= 0.3 is 6.18 Å². The van der Waals surface area contributed by atoms with Crippen molar-refractivity contribution in [1.29, 1.82) is 0 Å². The maximum Gasteiger partial charge on any atom is 0.416 e. The van der Waals surface area contributed by atoms with Crippen LogP contribution in [0.15, 0.2) is 83.8 Å². The number of anilines is 1. The summed E-state index contributed by atoms with van der Waals surface area (Å²) < 4.78 is 69.1. The van der Waals surface area contributed by atoms with Crippen molar-refractivity contribution in [2.45, 2.75) is 68.7 Å². The zero-order valence-corrected chi connectivity index (χ0v) is 25.1. The van der Waals surface area contributed by atoms with Crippen molar-refractivity contribution in [3.63, 3.8) is 0 Å². The number of halogens is 4. The first-order valence-electron chi connectivity index (χ1n) is 14.0. The van der Waals surface area contributed by atoms with Gasteiger partial charge in [0.25, 0.3) is 10.0 Å². The van der Waals surface area contributed by atoms with Crippen LogP contribution in [0.2, 0.25) is 5.02 Å². The van der Waals surface area contributed by atoms with E-state index in [1.165, 1.54) is 35.2 Å². The average molecular weight is 636 g/mol. The minimum Gasteiger partial charge on any atom is -0.352 e. The minimum atomic E-state index is -4.74. The van der Waals surface area contributed by atoms with Gasteiger partial charge < -0.3 is 10.2 Å². The lowest BCUT2D eigenvalue weighted by Gasteiger charge is -2.33. The number of sulfonamides is 1. The van der Waals surface area contributed by atoms with Crippen LogP contribution in [-0.4, -0.2) is 43.8 Å². The predicted octanol–water partition coefficient (Wildman–Crippen LogP) is 6.42. The molecule has 0 saturated heterocycles. The fourth-order valence-corrected chi connectivity index (χ4v) is 6.71. The van der Waals surface area contributed by atoms with Gasteiger partial charge in [-0.1, -0.05) is 67.3 Å². The van der Waals surface area contributed by atoms with E-state index in [-0.39, 0.29) is 23.2 Å². The van der Waals surface area contributed by atoms with Gasteiger partial charge in [-0.2, -0.15) is 13.2 Å². The molecule has 3 aromatic carbocycles. The highest BCUT2D eigenvalue weighted by Crippen LogP contribution is 2.33. The number of nitrogens with zero attached hydrogens (tertiary/aromatic N) is 2. The molecule has 0 unspecified atom stereocenters. The molecule has 1 saturated carbocycles. The Morgan fingerprint density at radius 1 is 0.953 bits per heavy atom. The van der Waals surface area contributed by atoms with Gasteiger partial charge in [0.1, 0.15) is 12.6 Å². The molecule has 0 radical (unpaired) electrons. The zero-order valence-electron chi connectivity index (χ0n) is 23.6. The first-order chi connectivity index (χ1) is 20.4. The Labute approximate surface area is 254 Å². The van der Waals surface area contributed by atoms with Crippen molar-refractivity contribution >= 4 is 39.1 Å². The van der Waals surface area contributed by atoms with Crippen LogP contribution < -0.4 is 9.62 Å². The van der Waals surface area contributed by atoms with E-state index >= 15 is 0 Å². The number of hydrogen-bond donors (Lipinski definition) is 1. The number of hydrogen-bond acceptors (Lipinski definition) is 4. The van der Waals surface area contributed by atoms with Crippen LogP contribution in [0.1, 0.15) is 50.2 Å². The van der Waals surface area contributed by atoms with E-state index in [0.29, 0.717) is 21.0 Å². The molecule has 0 heterocycles. The van der Waals surface area contributed by atoms with Crippen molar-refractivity contribution in [2.24, 2.45) is 0 Å². The Balaban J connectivity index is 1.71. The SMILES string of the molecule is C[C@@H](C(=O)NC1CCCCC1)N(Cc1cccc(Cl)c1)C(=O)CN(c1cccc(C(F)(F)F)c1)S(=O)(=O)c1ccccc1. The van der Waals surface area contributed by atoms with Crippen molar-refractivity contribution in [1.82, 2.24) is 10.2 Å². The van der Waals surface area contributed by atoms with Crippen molar-refractivity contribution in [3.05, 3.63) is 95.0 Å². The Hall–Kier alpha value is -3.57. The first-order valence-corrected chi connectivity index (χ1v) is 15.8. The highest BCUT2D eigenvalue weighted by Gasteiger charge is 2.35. The molecule has 4 rings (SSSR count). The number of nitrogens with one attached hydrogen (secondary N) is 1. The molecular weight excluding hydrogens is 603 g/mol. The standard InChI is InChI=1S/C31H33ClF3N3O4S/c1-22(30(40)36-26-13-4-2-5-14-26)37(20-23-10-8-12-25(32)18-23)29(39)21-38(43(41,42)28-16-6-3-7-17-28)27-15-9-11-24(19-27)31(33,34)35/h3,6-12,15-19,22,26H,2,4-5,13-14,20-21H2,1H3,(H,36,40)/t22-/m0/s1.